The number of rotatable bonds is 5. The molecule has 1 fully saturated rings. The standard InChI is InChI=1S/C12H16BrNO/c13-10-4-6-12(7-5-10)15-9-8-14-11-2-1-3-11/h4-7,11,14H,1-3,8-9H2. The first-order valence-electron chi connectivity index (χ1n) is 5.46. The fourth-order valence-electron chi connectivity index (χ4n) is 1.58. The van der Waals surface area contributed by atoms with Gasteiger partial charge >= 0.3 is 0 Å². The summed E-state index contributed by atoms with van der Waals surface area (Å²) in [5, 5.41) is 3.47. The number of nitrogens with one attached hydrogen (secondary N) is 1. The molecule has 0 unspecified atom stereocenters. The van der Waals surface area contributed by atoms with Crippen LogP contribution in [0.4, 0.5) is 0 Å². The zero-order valence-corrected chi connectivity index (χ0v) is 10.3. The van der Waals surface area contributed by atoms with Gasteiger partial charge in [-0.15, -0.1) is 0 Å². The number of hydrogen-bond acceptors (Lipinski definition) is 2. The minimum Gasteiger partial charge on any atom is -0.492 e. The van der Waals surface area contributed by atoms with Crippen LogP contribution in [-0.4, -0.2) is 19.2 Å². The highest BCUT2D eigenvalue weighted by Crippen LogP contribution is 2.18. The van der Waals surface area contributed by atoms with Crippen LogP contribution in [0.1, 0.15) is 19.3 Å². The van der Waals surface area contributed by atoms with E-state index in [2.05, 4.69) is 21.2 Å². The molecule has 0 bridgehead atoms. The van der Waals surface area contributed by atoms with Crippen LogP contribution in [-0.2, 0) is 0 Å². The molecule has 1 aliphatic rings. The van der Waals surface area contributed by atoms with E-state index in [1.807, 2.05) is 24.3 Å². The second-order valence-corrected chi connectivity index (χ2v) is 4.80. The second kappa shape index (κ2) is 5.52. The lowest BCUT2D eigenvalue weighted by Crippen LogP contribution is -2.37. The van der Waals surface area contributed by atoms with Gasteiger partial charge in [-0.05, 0) is 37.1 Å². The summed E-state index contributed by atoms with van der Waals surface area (Å²) in [6, 6.07) is 8.70. The zero-order chi connectivity index (χ0) is 10.5. The molecule has 0 saturated heterocycles. The molecule has 3 heteroatoms. The van der Waals surface area contributed by atoms with Gasteiger partial charge in [0.25, 0.3) is 0 Å². The van der Waals surface area contributed by atoms with Gasteiger partial charge < -0.3 is 10.1 Å². The first kappa shape index (κ1) is 11.0. The van der Waals surface area contributed by atoms with Crippen molar-refractivity contribution in [3.63, 3.8) is 0 Å². The molecule has 0 radical (unpaired) electrons. The summed E-state index contributed by atoms with van der Waals surface area (Å²) in [6.07, 6.45) is 4.04. The van der Waals surface area contributed by atoms with Gasteiger partial charge in [-0.3, -0.25) is 0 Å². The maximum Gasteiger partial charge on any atom is 0.119 e. The molecule has 0 aromatic heterocycles. The van der Waals surface area contributed by atoms with E-state index in [0.29, 0.717) is 0 Å². The quantitative estimate of drug-likeness (QED) is 0.830. The van der Waals surface area contributed by atoms with Crippen LogP contribution in [0.25, 0.3) is 0 Å². The maximum atomic E-state index is 5.60. The highest BCUT2D eigenvalue weighted by molar-refractivity contribution is 9.10. The fraction of sp³-hybridized carbons (Fsp3) is 0.500. The molecule has 0 spiro atoms. The van der Waals surface area contributed by atoms with E-state index in [1.165, 1.54) is 19.3 Å². The molecular formula is C12H16BrNO. The van der Waals surface area contributed by atoms with Crippen LogP contribution < -0.4 is 10.1 Å². The van der Waals surface area contributed by atoms with Gasteiger partial charge in [-0.25, -0.2) is 0 Å². The molecule has 1 saturated carbocycles. The monoisotopic (exact) mass is 269 g/mol. The Kier molecular flexibility index (Phi) is 4.03. The molecule has 2 rings (SSSR count). The Balaban J connectivity index is 1.62. The largest absolute Gasteiger partial charge is 0.492 e. The van der Waals surface area contributed by atoms with E-state index in [-0.39, 0.29) is 0 Å². The first-order valence-corrected chi connectivity index (χ1v) is 6.25. The summed E-state index contributed by atoms with van der Waals surface area (Å²) < 4.78 is 6.68. The highest BCUT2D eigenvalue weighted by atomic mass is 79.9. The van der Waals surface area contributed by atoms with Crippen LogP contribution in [0.2, 0.25) is 0 Å². The topological polar surface area (TPSA) is 21.3 Å². The van der Waals surface area contributed by atoms with E-state index in [1.54, 1.807) is 0 Å². The minimum atomic E-state index is 0.748. The van der Waals surface area contributed by atoms with Crippen LogP contribution in [0.5, 0.6) is 5.75 Å². The fourth-order valence-corrected chi connectivity index (χ4v) is 1.84. The molecule has 2 nitrogen and oxygen atoms in total. The zero-order valence-electron chi connectivity index (χ0n) is 8.71. The lowest BCUT2D eigenvalue weighted by molar-refractivity contribution is 0.276. The number of benzene rings is 1. The van der Waals surface area contributed by atoms with Gasteiger partial charge in [-0.1, -0.05) is 22.4 Å². The lowest BCUT2D eigenvalue weighted by Gasteiger charge is -2.26. The third kappa shape index (κ3) is 3.50. The number of halogens is 1. The predicted molar refractivity (Wildman–Crippen MR) is 65.3 cm³/mol. The molecule has 0 atom stereocenters. The maximum absolute atomic E-state index is 5.60. The summed E-state index contributed by atoms with van der Waals surface area (Å²) in [6.45, 7) is 1.69. The minimum absolute atomic E-state index is 0.748. The summed E-state index contributed by atoms with van der Waals surface area (Å²) in [4.78, 5) is 0. The van der Waals surface area contributed by atoms with Gasteiger partial charge in [0, 0.05) is 17.1 Å². The molecule has 15 heavy (non-hydrogen) atoms. The van der Waals surface area contributed by atoms with E-state index in [4.69, 9.17) is 4.74 Å². The van der Waals surface area contributed by atoms with E-state index in [9.17, 15) is 0 Å². The molecular weight excluding hydrogens is 254 g/mol. The van der Waals surface area contributed by atoms with E-state index >= 15 is 0 Å². The normalized spacial score (nSPS) is 16.1. The molecule has 1 aliphatic carbocycles. The van der Waals surface area contributed by atoms with Crippen molar-refractivity contribution in [2.75, 3.05) is 13.2 Å². The van der Waals surface area contributed by atoms with Gasteiger partial charge in [0.15, 0.2) is 0 Å². The Morgan fingerprint density at radius 2 is 2.00 bits per heavy atom. The Labute approximate surface area is 99.1 Å². The van der Waals surface area contributed by atoms with Crippen molar-refractivity contribution in [2.45, 2.75) is 25.3 Å². The third-order valence-corrected chi connectivity index (χ3v) is 3.25. The lowest BCUT2D eigenvalue weighted by atomic mass is 9.93. The van der Waals surface area contributed by atoms with Crippen molar-refractivity contribution in [3.8, 4) is 5.75 Å². The molecule has 1 aromatic rings. The summed E-state index contributed by atoms with van der Waals surface area (Å²) >= 11 is 3.40. The molecule has 1 N–H and O–H groups in total. The average molecular weight is 270 g/mol. The van der Waals surface area contributed by atoms with Crippen LogP contribution >= 0.6 is 15.9 Å². The number of hydrogen-bond donors (Lipinski definition) is 1. The predicted octanol–water partition coefficient (Wildman–Crippen LogP) is 2.97. The second-order valence-electron chi connectivity index (χ2n) is 3.88. The summed E-state index contributed by atoms with van der Waals surface area (Å²) in [5.41, 5.74) is 0. The SMILES string of the molecule is Brc1ccc(OCCNC2CCC2)cc1. The van der Waals surface area contributed by atoms with E-state index < -0.39 is 0 Å². The molecule has 1 aromatic carbocycles. The molecule has 0 heterocycles. The van der Waals surface area contributed by atoms with Crippen molar-refractivity contribution >= 4 is 15.9 Å². The van der Waals surface area contributed by atoms with Crippen molar-refractivity contribution < 1.29 is 4.74 Å². The van der Waals surface area contributed by atoms with Crippen molar-refractivity contribution in [2.24, 2.45) is 0 Å². The third-order valence-electron chi connectivity index (χ3n) is 2.72. The highest BCUT2D eigenvalue weighted by Gasteiger charge is 2.15. The van der Waals surface area contributed by atoms with Crippen molar-refractivity contribution in [3.05, 3.63) is 28.7 Å². The van der Waals surface area contributed by atoms with Crippen molar-refractivity contribution in [1.82, 2.24) is 5.32 Å². The average Bonchev–Trinajstić information content (AvgIpc) is 2.18. The molecule has 0 aliphatic heterocycles. The first-order chi connectivity index (χ1) is 7.34. The van der Waals surface area contributed by atoms with Crippen LogP contribution in [0.3, 0.4) is 0 Å². The number of ether oxygens (including phenoxy) is 1. The van der Waals surface area contributed by atoms with Gasteiger partial charge in [0.1, 0.15) is 12.4 Å². The Bertz CT molecular complexity index is 295. The molecule has 0 amide bonds. The van der Waals surface area contributed by atoms with Crippen LogP contribution in [0, 0.1) is 0 Å². The Hall–Kier alpha value is -0.540. The molecule has 82 valence electrons. The van der Waals surface area contributed by atoms with Crippen LogP contribution in [0.15, 0.2) is 28.7 Å². The Morgan fingerprint density at radius 1 is 1.27 bits per heavy atom. The Morgan fingerprint density at radius 3 is 2.60 bits per heavy atom. The van der Waals surface area contributed by atoms with Gasteiger partial charge in [0.2, 0.25) is 0 Å². The van der Waals surface area contributed by atoms with Gasteiger partial charge in [0.05, 0.1) is 0 Å². The summed E-state index contributed by atoms with van der Waals surface area (Å²) in [7, 11) is 0. The van der Waals surface area contributed by atoms with E-state index in [0.717, 1.165) is 29.4 Å². The van der Waals surface area contributed by atoms with Crippen molar-refractivity contribution in [1.29, 1.82) is 0 Å². The summed E-state index contributed by atoms with van der Waals surface area (Å²) in [5.74, 6) is 0.939. The van der Waals surface area contributed by atoms with Gasteiger partial charge in [-0.2, -0.15) is 0 Å². The smallest absolute Gasteiger partial charge is 0.119 e.